The van der Waals surface area contributed by atoms with Crippen molar-refractivity contribution in [2.45, 2.75) is 24.7 Å². The van der Waals surface area contributed by atoms with E-state index in [4.69, 9.17) is 0 Å². The van der Waals surface area contributed by atoms with Gasteiger partial charge in [0, 0.05) is 28.6 Å². The van der Waals surface area contributed by atoms with E-state index in [0.717, 1.165) is 10.0 Å². The first-order valence-electron chi connectivity index (χ1n) is 8.20. The van der Waals surface area contributed by atoms with Gasteiger partial charge >= 0.3 is 5.97 Å². The maximum atomic E-state index is 12.8. The third kappa shape index (κ3) is 5.47. The minimum atomic E-state index is -3.83. The summed E-state index contributed by atoms with van der Waals surface area (Å²) < 4.78 is 33.4. The number of hydrogen-bond acceptors (Lipinski definition) is 5. The summed E-state index contributed by atoms with van der Waals surface area (Å²) in [5.74, 6) is -0.394. The number of hydrogen-bond donors (Lipinski definition) is 1. The molecule has 6 nitrogen and oxygen atoms in total. The molecule has 0 amide bonds. The molecule has 2 aromatic rings. The van der Waals surface area contributed by atoms with Crippen LogP contribution in [-0.4, -0.2) is 34.3 Å². The predicted molar refractivity (Wildman–Crippen MR) is 106 cm³/mol. The second-order valence-corrected chi connectivity index (χ2v) is 8.58. The third-order valence-electron chi connectivity index (χ3n) is 3.93. The highest BCUT2D eigenvalue weighted by Gasteiger charge is 2.21. The van der Waals surface area contributed by atoms with E-state index in [1.807, 2.05) is 6.92 Å². The number of carbonyl (C=O) groups excluding carboxylic acids is 2. The van der Waals surface area contributed by atoms with Crippen molar-refractivity contribution >= 4 is 38.2 Å². The molecule has 0 aromatic heterocycles. The second-order valence-electron chi connectivity index (χ2n) is 5.93. The van der Waals surface area contributed by atoms with Gasteiger partial charge in [-0.15, -0.1) is 0 Å². The van der Waals surface area contributed by atoms with Gasteiger partial charge < -0.3 is 4.74 Å². The van der Waals surface area contributed by atoms with Crippen molar-refractivity contribution in [3.05, 3.63) is 52.0 Å². The highest BCUT2D eigenvalue weighted by molar-refractivity contribution is 9.10. The lowest BCUT2D eigenvalue weighted by atomic mass is 9.99. The highest BCUT2D eigenvalue weighted by Crippen LogP contribution is 2.32. The molecular weight excluding hydrogens is 434 g/mol. The maximum Gasteiger partial charge on any atom is 0.305 e. The van der Waals surface area contributed by atoms with Crippen LogP contribution in [0.15, 0.2) is 45.8 Å². The number of aryl methyl sites for hydroxylation is 1. The van der Waals surface area contributed by atoms with Crippen LogP contribution in [0.4, 0.5) is 0 Å². The quantitative estimate of drug-likeness (QED) is 0.375. The standard InChI is InChI=1S/C19H20BrNO5S/c1-13-5-8-18(27(24,25)21-9-3-4-19(23)26-2)17(10-13)16-11-15(20)7-6-14(16)12-22/h5-8,10-12,21H,3-4,9H2,1-2H3. The molecule has 0 atom stereocenters. The fourth-order valence-electron chi connectivity index (χ4n) is 2.57. The summed E-state index contributed by atoms with van der Waals surface area (Å²) >= 11 is 3.36. The van der Waals surface area contributed by atoms with Crippen LogP contribution < -0.4 is 4.72 Å². The van der Waals surface area contributed by atoms with Crippen LogP contribution in [0.2, 0.25) is 0 Å². The Morgan fingerprint density at radius 3 is 2.59 bits per heavy atom. The molecule has 144 valence electrons. The van der Waals surface area contributed by atoms with Crippen molar-refractivity contribution in [3.63, 3.8) is 0 Å². The van der Waals surface area contributed by atoms with Gasteiger partial charge in [-0.05, 0) is 43.2 Å². The largest absolute Gasteiger partial charge is 0.469 e. The third-order valence-corrected chi connectivity index (χ3v) is 5.95. The van der Waals surface area contributed by atoms with Crippen LogP contribution >= 0.6 is 15.9 Å². The van der Waals surface area contributed by atoms with Gasteiger partial charge in [-0.3, -0.25) is 9.59 Å². The van der Waals surface area contributed by atoms with Crippen LogP contribution in [0.5, 0.6) is 0 Å². The molecule has 0 aliphatic heterocycles. The zero-order valence-electron chi connectivity index (χ0n) is 15.0. The first kappa shape index (κ1) is 21.3. The smallest absolute Gasteiger partial charge is 0.305 e. The molecule has 27 heavy (non-hydrogen) atoms. The molecule has 0 saturated heterocycles. The number of esters is 1. The fraction of sp³-hybridized carbons (Fsp3) is 0.263. The van der Waals surface area contributed by atoms with E-state index < -0.39 is 16.0 Å². The first-order valence-corrected chi connectivity index (χ1v) is 10.5. The topological polar surface area (TPSA) is 89.5 Å². The Kier molecular flexibility index (Phi) is 7.29. The summed E-state index contributed by atoms with van der Waals surface area (Å²) in [4.78, 5) is 22.7. The summed E-state index contributed by atoms with van der Waals surface area (Å²) in [6.07, 6.45) is 1.15. The Balaban J connectivity index is 2.40. The normalized spacial score (nSPS) is 11.2. The van der Waals surface area contributed by atoms with Gasteiger partial charge in [-0.2, -0.15) is 0 Å². The predicted octanol–water partition coefficient (Wildman–Crippen LogP) is 3.47. The molecular formula is C19H20BrNO5S. The monoisotopic (exact) mass is 453 g/mol. The Hall–Kier alpha value is -2.03. The SMILES string of the molecule is COC(=O)CCCNS(=O)(=O)c1ccc(C)cc1-c1cc(Br)ccc1C=O. The number of benzene rings is 2. The van der Waals surface area contributed by atoms with Crippen LogP contribution in [-0.2, 0) is 19.6 Å². The molecule has 0 unspecified atom stereocenters. The van der Waals surface area contributed by atoms with Crippen LogP contribution in [0, 0.1) is 6.92 Å². The van der Waals surface area contributed by atoms with Crippen molar-refractivity contribution < 1.29 is 22.7 Å². The molecule has 8 heteroatoms. The van der Waals surface area contributed by atoms with E-state index in [-0.39, 0.29) is 17.9 Å². The molecule has 0 radical (unpaired) electrons. The van der Waals surface area contributed by atoms with Crippen LogP contribution in [0.25, 0.3) is 11.1 Å². The number of methoxy groups -OCH3 is 1. The molecule has 0 heterocycles. The molecule has 0 bridgehead atoms. The van der Waals surface area contributed by atoms with E-state index in [0.29, 0.717) is 29.4 Å². The Labute approximate surface area is 167 Å². The highest BCUT2D eigenvalue weighted by atomic mass is 79.9. The van der Waals surface area contributed by atoms with Crippen molar-refractivity contribution in [3.8, 4) is 11.1 Å². The van der Waals surface area contributed by atoms with Gasteiger partial charge in [-0.1, -0.05) is 33.6 Å². The second kappa shape index (κ2) is 9.25. The summed E-state index contributed by atoms with van der Waals surface area (Å²) in [6, 6.07) is 10.0. The zero-order chi connectivity index (χ0) is 20.0. The summed E-state index contributed by atoms with van der Waals surface area (Å²) in [6.45, 7) is 1.95. The molecule has 0 aliphatic rings. The number of carbonyl (C=O) groups is 2. The number of rotatable bonds is 8. The van der Waals surface area contributed by atoms with Gasteiger partial charge in [0.05, 0.1) is 12.0 Å². The Morgan fingerprint density at radius 1 is 1.19 bits per heavy atom. The lowest BCUT2D eigenvalue weighted by Gasteiger charge is -2.14. The van der Waals surface area contributed by atoms with Crippen molar-refractivity contribution in [2.75, 3.05) is 13.7 Å². The number of sulfonamides is 1. The Morgan fingerprint density at radius 2 is 1.93 bits per heavy atom. The van der Waals surface area contributed by atoms with Crippen LogP contribution in [0.3, 0.4) is 0 Å². The van der Waals surface area contributed by atoms with E-state index in [9.17, 15) is 18.0 Å². The van der Waals surface area contributed by atoms with Crippen molar-refractivity contribution in [1.29, 1.82) is 0 Å². The molecule has 0 spiro atoms. The molecule has 0 aliphatic carbocycles. The lowest BCUT2D eigenvalue weighted by Crippen LogP contribution is -2.26. The van der Waals surface area contributed by atoms with E-state index >= 15 is 0 Å². The van der Waals surface area contributed by atoms with E-state index in [1.54, 1.807) is 30.3 Å². The first-order chi connectivity index (χ1) is 12.8. The fourth-order valence-corrected chi connectivity index (χ4v) is 4.21. The summed E-state index contributed by atoms with van der Waals surface area (Å²) in [5, 5.41) is 0. The minimum Gasteiger partial charge on any atom is -0.469 e. The molecule has 1 N–H and O–H groups in total. The van der Waals surface area contributed by atoms with Gasteiger partial charge in [-0.25, -0.2) is 13.1 Å². The van der Waals surface area contributed by atoms with E-state index in [2.05, 4.69) is 25.4 Å². The Bertz CT molecular complexity index is 957. The number of halogens is 1. The number of ether oxygens (including phenoxy) is 1. The average Bonchev–Trinajstić information content (AvgIpc) is 2.64. The van der Waals surface area contributed by atoms with Gasteiger partial charge in [0.2, 0.25) is 10.0 Å². The van der Waals surface area contributed by atoms with E-state index in [1.165, 1.54) is 13.2 Å². The molecule has 2 aromatic carbocycles. The summed E-state index contributed by atoms with van der Waals surface area (Å²) in [5.41, 5.74) is 2.23. The molecule has 0 saturated carbocycles. The average molecular weight is 454 g/mol. The number of nitrogens with one attached hydrogen (secondary N) is 1. The van der Waals surface area contributed by atoms with Crippen LogP contribution in [0.1, 0.15) is 28.8 Å². The lowest BCUT2D eigenvalue weighted by molar-refractivity contribution is -0.140. The molecule has 0 fully saturated rings. The molecule has 2 rings (SSSR count). The minimum absolute atomic E-state index is 0.0763. The number of aldehydes is 1. The van der Waals surface area contributed by atoms with Crippen molar-refractivity contribution in [1.82, 2.24) is 4.72 Å². The van der Waals surface area contributed by atoms with Gasteiger partial charge in [0.15, 0.2) is 6.29 Å². The maximum absolute atomic E-state index is 12.8. The van der Waals surface area contributed by atoms with Gasteiger partial charge in [0.1, 0.15) is 0 Å². The van der Waals surface area contributed by atoms with Crippen molar-refractivity contribution in [2.24, 2.45) is 0 Å². The van der Waals surface area contributed by atoms with Gasteiger partial charge in [0.25, 0.3) is 0 Å². The summed E-state index contributed by atoms with van der Waals surface area (Å²) in [7, 11) is -2.55. The zero-order valence-corrected chi connectivity index (χ0v) is 17.4.